The van der Waals surface area contributed by atoms with E-state index in [9.17, 15) is 0 Å². The highest BCUT2D eigenvalue weighted by atomic mass is 16.5. The molecule has 0 aromatic heterocycles. The number of hydrogen-bond acceptors (Lipinski definition) is 4. The summed E-state index contributed by atoms with van der Waals surface area (Å²) in [5, 5.41) is 6.65. The molecule has 0 radical (unpaired) electrons. The van der Waals surface area contributed by atoms with Crippen molar-refractivity contribution in [1.29, 1.82) is 0 Å². The van der Waals surface area contributed by atoms with Crippen molar-refractivity contribution in [3.63, 3.8) is 0 Å². The van der Waals surface area contributed by atoms with Crippen LogP contribution in [0.2, 0.25) is 0 Å². The Morgan fingerprint density at radius 2 is 2.10 bits per heavy atom. The lowest BCUT2D eigenvalue weighted by Gasteiger charge is -2.34. The average Bonchev–Trinajstić information content (AvgIpc) is 3.04. The molecule has 21 heavy (non-hydrogen) atoms. The monoisotopic (exact) mass is 299 g/mol. The van der Waals surface area contributed by atoms with E-state index in [4.69, 9.17) is 19.2 Å². The summed E-state index contributed by atoms with van der Waals surface area (Å²) in [6.07, 6.45) is 4.41. The van der Waals surface area contributed by atoms with Gasteiger partial charge in [0.1, 0.15) is 0 Å². The molecule has 0 amide bonds. The second-order valence-electron chi connectivity index (χ2n) is 5.71. The summed E-state index contributed by atoms with van der Waals surface area (Å²) in [6.45, 7) is 6.78. The molecule has 0 bridgehead atoms. The van der Waals surface area contributed by atoms with Crippen LogP contribution in [0.4, 0.5) is 0 Å². The van der Waals surface area contributed by atoms with Crippen LogP contribution in [0.25, 0.3) is 0 Å². The van der Waals surface area contributed by atoms with Gasteiger partial charge in [-0.1, -0.05) is 0 Å². The van der Waals surface area contributed by atoms with Crippen molar-refractivity contribution in [2.75, 3.05) is 46.6 Å². The van der Waals surface area contributed by atoms with Gasteiger partial charge in [0.2, 0.25) is 0 Å². The summed E-state index contributed by atoms with van der Waals surface area (Å²) in [7, 11) is 1.77. The first-order valence-electron chi connectivity index (χ1n) is 8.05. The predicted octanol–water partition coefficient (Wildman–Crippen LogP) is 0.916. The van der Waals surface area contributed by atoms with Gasteiger partial charge >= 0.3 is 0 Å². The number of methoxy groups -OCH3 is 1. The van der Waals surface area contributed by atoms with E-state index in [-0.39, 0.29) is 5.60 Å². The molecule has 0 aliphatic carbocycles. The van der Waals surface area contributed by atoms with Crippen molar-refractivity contribution in [3.8, 4) is 0 Å². The molecule has 2 fully saturated rings. The fourth-order valence-electron chi connectivity index (χ4n) is 2.75. The molecular weight excluding hydrogens is 270 g/mol. The molecule has 6 heteroatoms. The third-order valence-corrected chi connectivity index (χ3v) is 4.23. The van der Waals surface area contributed by atoms with Crippen LogP contribution in [0.1, 0.15) is 32.6 Å². The first-order chi connectivity index (χ1) is 10.3. The topological polar surface area (TPSA) is 64.1 Å². The van der Waals surface area contributed by atoms with Gasteiger partial charge in [-0.3, -0.25) is 4.99 Å². The van der Waals surface area contributed by atoms with Crippen LogP contribution in [0.15, 0.2) is 4.99 Å². The molecule has 2 rings (SSSR count). The van der Waals surface area contributed by atoms with Crippen LogP contribution >= 0.6 is 0 Å². The van der Waals surface area contributed by atoms with Gasteiger partial charge in [0.05, 0.1) is 18.2 Å². The third kappa shape index (κ3) is 5.13. The molecule has 2 heterocycles. The van der Waals surface area contributed by atoms with Crippen molar-refractivity contribution >= 4 is 5.96 Å². The zero-order valence-electron chi connectivity index (χ0n) is 13.3. The predicted molar refractivity (Wildman–Crippen MR) is 82.7 cm³/mol. The van der Waals surface area contributed by atoms with E-state index in [1.54, 1.807) is 7.11 Å². The lowest BCUT2D eigenvalue weighted by molar-refractivity contribution is -0.0828. The summed E-state index contributed by atoms with van der Waals surface area (Å²) in [5.41, 5.74) is -0.176. The van der Waals surface area contributed by atoms with Gasteiger partial charge < -0.3 is 24.8 Å². The van der Waals surface area contributed by atoms with Gasteiger partial charge in [0, 0.05) is 52.9 Å². The fraction of sp³-hybridized carbons (Fsp3) is 0.933. The highest BCUT2D eigenvalue weighted by Gasteiger charge is 2.32. The van der Waals surface area contributed by atoms with E-state index < -0.39 is 0 Å². The van der Waals surface area contributed by atoms with E-state index in [0.29, 0.717) is 12.6 Å². The Morgan fingerprint density at radius 3 is 2.71 bits per heavy atom. The SMILES string of the molecule is CCNC(=NCC1(OC)CCOCC1)NCC1CCCO1. The van der Waals surface area contributed by atoms with Crippen LogP contribution in [-0.2, 0) is 14.2 Å². The second-order valence-corrected chi connectivity index (χ2v) is 5.71. The molecule has 0 spiro atoms. The van der Waals surface area contributed by atoms with Crippen LogP contribution in [0.3, 0.4) is 0 Å². The van der Waals surface area contributed by atoms with E-state index >= 15 is 0 Å². The molecule has 122 valence electrons. The quantitative estimate of drug-likeness (QED) is 0.564. The minimum atomic E-state index is -0.176. The maximum absolute atomic E-state index is 5.72. The Hall–Kier alpha value is -0.850. The van der Waals surface area contributed by atoms with Crippen LogP contribution in [0, 0.1) is 0 Å². The van der Waals surface area contributed by atoms with Gasteiger partial charge in [0.15, 0.2) is 5.96 Å². The van der Waals surface area contributed by atoms with Crippen molar-refractivity contribution in [2.24, 2.45) is 4.99 Å². The molecule has 0 aromatic rings. The van der Waals surface area contributed by atoms with Crippen molar-refractivity contribution < 1.29 is 14.2 Å². The zero-order chi connectivity index (χ0) is 15.0. The van der Waals surface area contributed by atoms with Crippen LogP contribution in [-0.4, -0.2) is 64.2 Å². The van der Waals surface area contributed by atoms with E-state index in [0.717, 1.165) is 64.6 Å². The van der Waals surface area contributed by atoms with Crippen LogP contribution < -0.4 is 10.6 Å². The number of rotatable bonds is 6. The molecular formula is C15H29N3O3. The first kappa shape index (κ1) is 16.5. The highest BCUT2D eigenvalue weighted by Crippen LogP contribution is 2.24. The van der Waals surface area contributed by atoms with Crippen LogP contribution in [0.5, 0.6) is 0 Å². The number of nitrogens with zero attached hydrogens (tertiary/aromatic N) is 1. The van der Waals surface area contributed by atoms with Gasteiger partial charge in [0.25, 0.3) is 0 Å². The first-order valence-corrected chi connectivity index (χ1v) is 8.05. The third-order valence-electron chi connectivity index (χ3n) is 4.23. The zero-order valence-corrected chi connectivity index (χ0v) is 13.3. The Bertz CT molecular complexity index is 324. The minimum absolute atomic E-state index is 0.176. The van der Waals surface area contributed by atoms with E-state index in [1.807, 2.05) is 0 Å². The lowest BCUT2D eigenvalue weighted by atomic mass is 9.94. The maximum atomic E-state index is 5.72. The Labute approximate surface area is 127 Å². The number of guanidine groups is 1. The summed E-state index contributed by atoms with van der Waals surface area (Å²) < 4.78 is 16.8. The maximum Gasteiger partial charge on any atom is 0.191 e. The summed E-state index contributed by atoms with van der Waals surface area (Å²) >= 11 is 0. The number of ether oxygens (including phenoxy) is 3. The molecule has 1 atom stereocenters. The van der Waals surface area contributed by atoms with Gasteiger partial charge in [-0.15, -0.1) is 0 Å². The van der Waals surface area contributed by atoms with Crippen molar-refractivity contribution in [3.05, 3.63) is 0 Å². The summed E-state index contributed by atoms with van der Waals surface area (Å²) in [4.78, 5) is 4.70. The Balaban J connectivity index is 1.85. The summed E-state index contributed by atoms with van der Waals surface area (Å²) in [5.74, 6) is 0.843. The molecule has 0 saturated carbocycles. The standard InChI is InChI=1S/C15H29N3O3/c1-3-16-14(17-11-13-5-4-8-21-13)18-12-15(19-2)6-9-20-10-7-15/h13H,3-12H2,1-2H3,(H2,16,17,18). The highest BCUT2D eigenvalue weighted by molar-refractivity contribution is 5.79. The minimum Gasteiger partial charge on any atom is -0.381 e. The largest absolute Gasteiger partial charge is 0.381 e. The van der Waals surface area contributed by atoms with E-state index in [1.165, 1.54) is 0 Å². The molecule has 2 aliphatic heterocycles. The van der Waals surface area contributed by atoms with Gasteiger partial charge in [-0.05, 0) is 19.8 Å². The molecule has 0 aromatic carbocycles. The van der Waals surface area contributed by atoms with Crippen molar-refractivity contribution in [2.45, 2.75) is 44.3 Å². The molecule has 2 saturated heterocycles. The average molecular weight is 299 g/mol. The number of aliphatic imine (C=N–C) groups is 1. The number of hydrogen-bond donors (Lipinski definition) is 2. The van der Waals surface area contributed by atoms with Gasteiger partial charge in [-0.2, -0.15) is 0 Å². The second kappa shape index (κ2) is 8.56. The molecule has 2 N–H and O–H groups in total. The van der Waals surface area contributed by atoms with Gasteiger partial charge in [-0.25, -0.2) is 0 Å². The Morgan fingerprint density at radius 1 is 1.29 bits per heavy atom. The lowest BCUT2D eigenvalue weighted by Crippen LogP contribution is -2.45. The van der Waals surface area contributed by atoms with Crippen molar-refractivity contribution in [1.82, 2.24) is 10.6 Å². The summed E-state index contributed by atoms with van der Waals surface area (Å²) in [6, 6.07) is 0. The normalized spacial score (nSPS) is 25.8. The Kier molecular flexibility index (Phi) is 6.73. The molecule has 1 unspecified atom stereocenters. The molecule has 6 nitrogen and oxygen atoms in total. The molecule has 2 aliphatic rings. The smallest absolute Gasteiger partial charge is 0.191 e. The van der Waals surface area contributed by atoms with E-state index in [2.05, 4.69) is 17.6 Å². The fourth-order valence-corrected chi connectivity index (χ4v) is 2.75. The number of nitrogens with one attached hydrogen (secondary N) is 2.